The number of rotatable bonds is 7. The molecule has 0 saturated carbocycles. The first-order chi connectivity index (χ1) is 15.7. The highest BCUT2D eigenvalue weighted by atomic mass is 32.2. The summed E-state index contributed by atoms with van der Waals surface area (Å²) in [5.41, 5.74) is 2.85. The van der Waals surface area contributed by atoms with Crippen molar-refractivity contribution in [2.45, 2.75) is 24.0 Å². The molecule has 0 aliphatic heterocycles. The number of carbonyl (C=O) groups excluding carboxylic acids is 1. The molecule has 1 unspecified atom stereocenters. The number of thioether (sulfide) groups is 1. The third kappa shape index (κ3) is 6.96. The van der Waals surface area contributed by atoms with Gasteiger partial charge in [-0.3, -0.25) is 4.79 Å². The van der Waals surface area contributed by atoms with Gasteiger partial charge in [-0.15, -0.1) is 11.8 Å². The maximum absolute atomic E-state index is 12.6. The first kappa shape index (κ1) is 24.1. The molecule has 3 aromatic rings. The Balaban J connectivity index is 1.59. The summed E-state index contributed by atoms with van der Waals surface area (Å²) >= 11 is 6.73. The van der Waals surface area contributed by atoms with Gasteiger partial charge in [0.25, 0.3) is 0 Å². The summed E-state index contributed by atoms with van der Waals surface area (Å²) in [7, 11) is 0. The average Bonchev–Trinajstić information content (AvgIpc) is 2.76. The van der Waals surface area contributed by atoms with Crippen molar-refractivity contribution in [2.24, 2.45) is 0 Å². The van der Waals surface area contributed by atoms with Crippen molar-refractivity contribution in [3.05, 3.63) is 77.9 Å². The van der Waals surface area contributed by atoms with E-state index in [1.54, 1.807) is 6.92 Å². The van der Waals surface area contributed by atoms with Crippen LogP contribution in [0.25, 0.3) is 0 Å². The maximum Gasteiger partial charge on any atom is 0.339 e. The second-order valence-corrected chi connectivity index (χ2v) is 9.08. The highest BCUT2D eigenvalue weighted by molar-refractivity contribution is 8.00. The van der Waals surface area contributed by atoms with Gasteiger partial charge in [0.15, 0.2) is 5.11 Å². The minimum Gasteiger partial charge on any atom is -0.507 e. The topological polar surface area (TPSA) is 111 Å². The number of hydrogen-bond donors (Lipinski definition) is 5. The van der Waals surface area contributed by atoms with Gasteiger partial charge in [-0.1, -0.05) is 23.8 Å². The molecule has 0 aliphatic rings. The van der Waals surface area contributed by atoms with Gasteiger partial charge in [-0.25, -0.2) is 4.79 Å². The molecule has 0 bridgehead atoms. The molecule has 0 spiro atoms. The molecule has 33 heavy (non-hydrogen) atoms. The average molecular weight is 482 g/mol. The van der Waals surface area contributed by atoms with Crippen molar-refractivity contribution in [3.63, 3.8) is 0 Å². The van der Waals surface area contributed by atoms with Gasteiger partial charge in [0, 0.05) is 22.0 Å². The molecular weight excluding hydrogens is 458 g/mol. The molecule has 9 heteroatoms. The van der Waals surface area contributed by atoms with Crippen molar-refractivity contribution in [2.75, 3.05) is 16.0 Å². The van der Waals surface area contributed by atoms with E-state index in [0.717, 1.165) is 21.8 Å². The Labute approximate surface area is 201 Å². The number of aromatic carboxylic acids is 1. The summed E-state index contributed by atoms with van der Waals surface area (Å²) in [6.07, 6.45) is 0. The summed E-state index contributed by atoms with van der Waals surface area (Å²) in [6, 6.07) is 19.3. The first-order valence-electron chi connectivity index (χ1n) is 10.00. The number of thiocarbonyl (C=S) groups is 1. The number of benzene rings is 3. The van der Waals surface area contributed by atoms with E-state index < -0.39 is 11.2 Å². The fourth-order valence-corrected chi connectivity index (χ4v) is 4.03. The summed E-state index contributed by atoms with van der Waals surface area (Å²) < 4.78 is 0. The number of amides is 1. The normalized spacial score (nSPS) is 11.3. The minimum atomic E-state index is -1.27. The van der Waals surface area contributed by atoms with Crippen LogP contribution < -0.4 is 16.0 Å². The Kier molecular flexibility index (Phi) is 7.92. The molecule has 7 nitrogen and oxygen atoms in total. The van der Waals surface area contributed by atoms with Crippen molar-refractivity contribution in [1.29, 1.82) is 0 Å². The third-order valence-corrected chi connectivity index (χ3v) is 5.88. The Morgan fingerprint density at radius 2 is 1.55 bits per heavy atom. The third-order valence-electron chi connectivity index (χ3n) is 4.58. The lowest BCUT2D eigenvalue weighted by atomic mass is 10.2. The van der Waals surface area contributed by atoms with Gasteiger partial charge in [0.1, 0.15) is 11.3 Å². The quantitative estimate of drug-likeness (QED) is 0.175. The van der Waals surface area contributed by atoms with E-state index >= 15 is 0 Å². The van der Waals surface area contributed by atoms with Crippen LogP contribution in [0.15, 0.2) is 71.6 Å². The van der Waals surface area contributed by atoms with Crippen LogP contribution in [0.3, 0.4) is 0 Å². The molecule has 170 valence electrons. The molecule has 0 aliphatic carbocycles. The lowest BCUT2D eigenvalue weighted by Crippen LogP contribution is -2.22. The number of aromatic hydroxyl groups is 1. The monoisotopic (exact) mass is 481 g/mol. The number of carboxylic acid groups (broad SMARTS) is 1. The number of anilines is 3. The van der Waals surface area contributed by atoms with Crippen LogP contribution in [0.5, 0.6) is 5.75 Å². The Hall–Kier alpha value is -3.56. The molecule has 1 amide bonds. The molecule has 5 N–H and O–H groups in total. The van der Waals surface area contributed by atoms with Crippen molar-refractivity contribution in [1.82, 2.24) is 0 Å². The number of carbonyl (C=O) groups is 2. The molecule has 3 rings (SSSR count). The van der Waals surface area contributed by atoms with E-state index in [1.165, 1.54) is 30.0 Å². The highest BCUT2D eigenvalue weighted by Crippen LogP contribution is 2.28. The van der Waals surface area contributed by atoms with Crippen LogP contribution in [-0.4, -0.2) is 32.5 Å². The van der Waals surface area contributed by atoms with Crippen LogP contribution in [0.4, 0.5) is 17.1 Å². The van der Waals surface area contributed by atoms with E-state index in [9.17, 15) is 14.7 Å². The van der Waals surface area contributed by atoms with Gasteiger partial charge in [-0.05, 0) is 74.6 Å². The molecule has 0 radical (unpaired) electrons. The zero-order valence-corrected chi connectivity index (χ0v) is 19.6. The SMILES string of the molecule is Cc1ccc(NC(=S)Nc2cccc(SC(C)C(=O)Nc3ccc(O)c(C(=O)O)c3)c2)cc1. The van der Waals surface area contributed by atoms with Crippen LogP contribution in [0.1, 0.15) is 22.8 Å². The van der Waals surface area contributed by atoms with Crippen molar-refractivity contribution < 1.29 is 19.8 Å². The predicted octanol–water partition coefficient (Wildman–Crippen LogP) is 5.33. The van der Waals surface area contributed by atoms with E-state index in [4.69, 9.17) is 17.3 Å². The summed E-state index contributed by atoms with van der Waals surface area (Å²) in [4.78, 5) is 24.6. The van der Waals surface area contributed by atoms with Gasteiger partial charge in [0.05, 0.1) is 5.25 Å². The largest absolute Gasteiger partial charge is 0.507 e. The second kappa shape index (κ2) is 10.8. The molecule has 1 atom stereocenters. The second-order valence-electron chi connectivity index (χ2n) is 7.26. The lowest BCUT2D eigenvalue weighted by Gasteiger charge is -2.14. The smallest absolute Gasteiger partial charge is 0.339 e. The number of nitrogens with one attached hydrogen (secondary N) is 3. The maximum atomic E-state index is 12.6. The molecule has 0 saturated heterocycles. The Morgan fingerprint density at radius 1 is 0.909 bits per heavy atom. The Morgan fingerprint density at radius 3 is 2.24 bits per heavy atom. The minimum absolute atomic E-state index is 0.276. The molecule has 0 fully saturated rings. The number of carboxylic acids is 1. The summed E-state index contributed by atoms with van der Waals surface area (Å²) in [5, 5.41) is 27.7. The first-order valence-corrected chi connectivity index (χ1v) is 11.3. The van der Waals surface area contributed by atoms with E-state index in [-0.39, 0.29) is 17.2 Å². The Bertz CT molecular complexity index is 1180. The van der Waals surface area contributed by atoms with Gasteiger partial charge < -0.3 is 26.2 Å². The fourth-order valence-electron chi connectivity index (χ4n) is 2.86. The summed E-state index contributed by atoms with van der Waals surface area (Å²) in [6.45, 7) is 3.77. The lowest BCUT2D eigenvalue weighted by molar-refractivity contribution is -0.115. The molecule has 3 aromatic carbocycles. The zero-order valence-electron chi connectivity index (χ0n) is 18.0. The van der Waals surface area contributed by atoms with Gasteiger partial charge in [0.2, 0.25) is 5.91 Å². The van der Waals surface area contributed by atoms with Crippen molar-refractivity contribution >= 4 is 58.0 Å². The van der Waals surface area contributed by atoms with Crippen LogP contribution in [-0.2, 0) is 4.79 Å². The molecule has 0 aromatic heterocycles. The van der Waals surface area contributed by atoms with Gasteiger partial charge in [-0.2, -0.15) is 0 Å². The number of aryl methyl sites for hydroxylation is 1. The fraction of sp³-hybridized carbons (Fsp3) is 0.125. The van der Waals surface area contributed by atoms with E-state index in [1.807, 2.05) is 55.5 Å². The standard InChI is InChI=1S/C24H23N3O4S2/c1-14-6-8-16(9-7-14)26-24(32)27-17-4-3-5-19(12-17)33-15(2)22(29)25-18-10-11-21(28)20(13-18)23(30)31/h3-13,15,28H,1-2H3,(H,25,29)(H,30,31)(H2,26,27,32). The molecule has 0 heterocycles. The molecular formula is C24H23N3O4S2. The van der Waals surface area contributed by atoms with Crippen molar-refractivity contribution in [3.8, 4) is 5.75 Å². The number of phenols is 1. The number of hydrogen-bond acceptors (Lipinski definition) is 5. The zero-order chi connectivity index (χ0) is 24.0. The predicted molar refractivity (Wildman–Crippen MR) is 136 cm³/mol. The van der Waals surface area contributed by atoms with Crippen LogP contribution >= 0.6 is 24.0 Å². The highest BCUT2D eigenvalue weighted by Gasteiger charge is 2.17. The van der Waals surface area contributed by atoms with Gasteiger partial charge >= 0.3 is 5.97 Å². The van der Waals surface area contributed by atoms with Crippen LogP contribution in [0.2, 0.25) is 0 Å². The summed E-state index contributed by atoms with van der Waals surface area (Å²) in [5.74, 6) is -1.93. The van der Waals surface area contributed by atoms with E-state index in [2.05, 4.69) is 16.0 Å². The van der Waals surface area contributed by atoms with Crippen LogP contribution in [0, 0.1) is 6.92 Å². The van der Waals surface area contributed by atoms with E-state index in [0.29, 0.717) is 10.8 Å².